The van der Waals surface area contributed by atoms with E-state index in [1.54, 1.807) is 36.8 Å². The first-order valence-electron chi connectivity index (χ1n) is 6.43. The van der Waals surface area contributed by atoms with Crippen molar-refractivity contribution in [1.29, 1.82) is 0 Å². The monoisotopic (exact) mass is 280 g/mol. The maximum Gasteiger partial charge on any atom is 0.253 e. The third kappa shape index (κ3) is 3.64. The lowest BCUT2D eigenvalue weighted by Gasteiger charge is -2.13. The van der Waals surface area contributed by atoms with Gasteiger partial charge < -0.3 is 15.4 Å². The molecule has 0 aromatic heterocycles. The van der Waals surface area contributed by atoms with Crippen LogP contribution in [-0.4, -0.2) is 43.4 Å². The van der Waals surface area contributed by atoms with Crippen LogP contribution < -0.4 is 5.73 Å². The van der Waals surface area contributed by atoms with Crippen LogP contribution in [-0.2, 0) is 4.74 Å². The minimum absolute atomic E-state index is 0.0256. The SMILES string of the molecule is CN(C)C(=O)c1ccc(SCC2CCCO2)c(N)c1. The highest BCUT2D eigenvalue weighted by molar-refractivity contribution is 7.99. The zero-order chi connectivity index (χ0) is 13.8. The number of hydrogen-bond donors (Lipinski definition) is 1. The molecule has 1 saturated heterocycles. The van der Waals surface area contributed by atoms with Gasteiger partial charge in [0.2, 0.25) is 0 Å². The number of anilines is 1. The zero-order valence-electron chi connectivity index (χ0n) is 11.4. The van der Waals surface area contributed by atoms with Crippen molar-refractivity contribution in [3.8, 4) is 0 Å². The molecule has 1 aromatic rings. The molecule has 1 atom stereocenters. The Morgan fingerprint density at radius 2 is 2.32 bits per heavy atom. The quantitative estimate of drug-likeness (QED) is 0.679. The lowest BCUT2D eigenvalue weighted by molar-refractivity contribution is 0.0827. The Bertz CT molecular complexity index is 457. The number of nitrogens with two attached hydrogens (primary N) is 1. The fraction of sp³-hybridized carbons (Fsp3) is 0.500. The van der Waals surface area contributed by atoms with E-state index >= 15 is 0 Å². The van der Waals surface area contributed by atoms with E-state index in [1.165, 1.54) is 0 Å². The highest BCUT2D eigenvalue weighted by atomic mass is 32.2. The second-order valence-corrected chi connectivity index (χ2v) is 5.96. The number of thioether (sulfide) groups is 1. The van der Waals surface area contributed by atoms with Crippen LogP contribution in [0.15, 0.2) is 23.1 Å². The average Bonchev–Trinajstić information content (AvgIpc) is 2.89. The van der Waals surface area contributed by atoms with Crippen LogP contribution >= 0.6 is 11.8 Å². The van der Waals surface area contributed by atoms with Crippen molar-refractivity contribution >= 4 is 23.4 Å². The molecule has 19 heavy (non-hydrogen) atoms. The Hall–Kier alpha value is -1.20. The van der Waals surface area contributed by atoms with Crippen LogP contribution in [0.4, 0.5) is 5.69 Å². The van der Waals surface area contributed by atoms with Crippen molar-refractivity contribution in [2.45, 2.75) is 23.8 Å². The minimum Gasteiger partial charge on any atom is -0.398 e. The topological polar surface area (TPSA) is 55.6 Å². The highest BCUT2D eigenvalue weighted by Gasteiger charge is 2.16. The number of carbonyl (C=O) groups excluding carboxylic acids is 1. The van der Waals surface area contributed by atoms with Crippen molar-refractivity contribution < 1.29 is 9.53 Å². The first kappa shape index (κ1) is 14.2. The average molecular weight is 280 g/mol. The summed E-state index contributed by atoms with van der Waals surface area (Å²) >= 11 is 1.70. The van der Waals surface area contributed by atoms with Crippen LogP contribution in [0.5, 0.6) is 0 Å². The predicted octanol–water partition coefficient (Wildman–Crippen LogP) is 2.24. The van der Waals surface area contributed by atoms with Gasteiger partial charge in [-0.15, -0.1) is 11.8 Å². The summed E-state index contributed by atoms with van der Waals surface area (Å²) < 4.78 is 5.59. The Labute approximate surface area is 118 Å². The molecule has 1 heterocycles. The molecule has 5 heteroatoms. The third-order valence-electron chi connectivity index (χ3n) is 3.11. The molecule has 2 rings (SSSR count). The normalized spacial score (nSPS) is 18.5. The van der Waals surface area contributed by atoms with Gasteiger partial charge in [0.05, 0.1) is 6.10 Å². The van der Waals surface area contributed by atoms with E-state index in [0.29, 0.717) is 17.4 Å². The van der Waals surface area contributed by atoms with Crippen LogP contribution in [0.2, 0.25) is 0 Å². The van der Waals surface area contributed by atoms with Crippen LogP contribution in [0.1, 0.15) is 23.2 Å². The van der Waals surface area contributed by atoms with Gasteiger partial charge in [0, 0.05) is 42.6 Å². The predicted molar refractivity (Wildman–Crippen MR) is 78.6 cm³/mol. The molecule has 104 valence electrons. The van der Waals surface area contributed by atoms with E-state index < -0.39 is 0 Å². The molecule has 0 bridgehead atoms. The number of hydrogen-bond acceptors (Lipinski definition) is 4. The zero-order valence-corrected chi connectivity index (χ0v) is 12.2. The smallest absolute Gasteiger partial charge is 0.253 e. The maximum atomic E-state index is 11.8. The number of ether oxygens (including phenoxy) is 1. The number of nitrogens with zero attached hydrogens (tertiary/aromatic N) is 1. The molecule has 4 nitrogen and oxygen atoms in total. The van der Waals surface area contributed by atoms with E-state index in [1.807, 2.05) is 12.1 Å². The molecule has 1 aliphatic rings. The highest BCUT2D eigenvalue weighted by Crippen LogP contribution is 2.29. The van der Waals surface area contributed by atoms with Crippen LogP contribution in [0.3, 0.4) is 0 Å². The summed E-state index contributed by atoms with van der Waals surface area (Å²) in [4.78, 5) is 14.4. The fourth-order valence-corrected chi connectivity index (χ4v) is 3.05. The molecule has 1 aromatic carbocycles. The molecule has 1 unspecified atom stereocenters. The Morgan fingerprint density at radius 3 is 2.89 bits per heavy atom. The molecule has 1 amide bonds. The standard InChI is InChI=1S/C14H20N2O2S/c1-16(2)14(17)10-5-6-13(12(15)8-10)19-9-11-4-3-7-18-11/h5-6,8,11H,3-4,7,9,15H2,1-2H3. The Morgan fingerprint density at radius 1 is 1.53 bits per heavy atom. The summed E-state index contributed by atoms with van der Waals surface area (Å²) in [6.45, 7) is 0.872. The molecule has 0 aliphatic carbocycles. The number of benzene rings is 1. The van der Waals surface area contributed by atoms with Gasteiger partial charge in [0.15, 0.2) is 0 Å². The summed E-state index contributed by atoms with van der Waals surface area (Å²) in [6.07, 6.45) is 2.62. The first-order valence-corrected chi connectivity index (χ1v) is 7.42. The van der Waals surface area contributed by atoms with Gasteiger partial charge >= 0.3 is 0 Å². The van der Waals surface area contributed by atoms with Crippen molar-refractivity contribution in [2.75, 3.05) is 32.2 Å². The van der Waals surface area contributed by atoms with Crippen molar-refractivity contribution in [3.63, 3.8) is 0 Å². The van der Waals surface area contributed by atoms with Gasteiger partial charge in [-0.05, 0) is 31.0 Å². The maximum absolute atomic E-state index is 11.8. The molecule has 0 radical (unpaired) electrons. The van der Waals surface area contributed by atoms with E-state index in [-0.39, 0.29) is 5.91 Å². The molecule has 1 aliphatic heterocycles. The van der Waals surface area contributed by atoms with Crippen molar-refractivity contribution in [1.82, 2.24) is 4.90 Å². The molecular formula is C14H20N2O2S. The lowest BCUT2D eigenvalue weighted by Crippen LogP contribution is -2.21. The van der Waals surface area contributed by atoms with Gasteiger partial charge in [-0.1, -0.05) is 0 Å². The van der Waals surface area contributed by atoms with Gasteiger partial charge in [0.25, 0.3) is 5.91 Å². The van der Waals surface area contributed by atoms with Crippen molar-refractivity contribution in [2.24, 2.45) is 0 Å². The second kappa shape index (κ2) is 6.30. The molecule has 1 fully saturated rings. The van der Waals surface area contributed by atoms with E-state index in [4.69, 9.17) is 10.5 Å². The summed E-state index contributed by atoms with van der Waals surface area (Å²) in [7, 11) is 3.47. The van der Waals surface area contributed by atoms with E-state index in [0.717, 1.165) is 30.1 Å². The van der Waals surface area contributed by atoms with E-state index in [9.17, 15) is 4.79 Å². The minimum atomic E-state index is -0.0256. The Kier molecular flexibility index (Phi) is 4.71. The summed E-state index contributed by atoms with van der Waals surface area (Å²) in [6, 6.07) is 5.50. The largest absolute Gasteiger partial charge is 0.398 e. The molecule has 0 spiro atoms. The molecule has 2 N–H and O–H groups in total. The molecular weight excluding hydrogens is 260 g/mol. The van der Waals surface area contributed by atoms with Crippen molar-refractivity contribution in [3.05, 3.63) is 23.8 Å². The van der Waals surface area contributed by atoms with Gasteiger partial charge in [-0.2, -0.15) is 0 Å². The van der Waals surface area contributed by atoms with E-state index in [2.05, 4.69) is 0 Å². The third-order valence-corrected chi connectivity index (χ3v) is 4.33. The summed E-state index contributed by atoms with van der Waals surface area (Å²) in [5, 5.41) is 0. The number of nitrogen functional groups attached to an aromatic ring is 1. The molecule has 0 saturated carbocycles. The van der Waals surface area contributed by atoms with Gasteiger partial charge in [-0.25, -0.2) is 0 Å². The summed E-state index contributed by atoms with van der Waals surface area (Å²) in [5.41, 5.74) is 7.30. The fourth-order valence-electron chi connectivity index (χ4n) is 2.03. The number of carbonyl (C=O) groups is 1. The number of rotatable bonds is 4. The first-order chi connectivity index (χ1) is 9.08. The van der Waals surface area contributed by atoms with Crippen LogP contribution in [0, 0.1) is 0 Å². The van der Waals surface area contributed by atoms with Crippen LogP contribution in [0.25, 0.3) is 0 Å². The number of amides is 1. The Balaban J connectivity index is 2.00. The van der Waals surface area contributed by atoms with Gasteiger partial charge in [0.1, 0.15) is 0 Å². The van der Waals surface area contributed by atoms with Gasteiger partial charge in [-0.3, -0.25) is 4.79 Å². The lowest BCUT2D eigenvalue weighted by atomic mass is 10.2. The summed E-state index contributed by atoms with van der Waals surface area (Å²) in [5.74, 6) is 0.896. The second-order valence-electron chi connectivity index (χ2n) is 4.90.